The third-order valence-electron chi connectivity index (χ3n) is 2.53. The van der Waals surface area contributed by atoms with Crippen LogP contribution in [-0.2, 0) is 7.05 Å². The molecule has 0 amide bonds. The molecular weight excluding hydrogens is 267 g/mol. The van der Waals surface area contributed by atoms with E-state index in [4.69, 9.17) is 0 Å². The van der Waals surface area contributed by atoms with E-state index in [0.717, 1.165) is 17.3 Å². The van der Waals surface area contributed by atoms with Crippen LogP contribution in [0.25, 0.3) is 0 Å². The van der Waals surface area contributed by atoms with Crippen molar-refractivity contribution in [2.45, 2.75) is 18.0 Å². The molecule has 0 aliphatic carbocycles. The van der Waals surface area contributed by atoms with E-state index >= 15 is 0 Å². The smallest absolute Gasteiger partial charge is 0.209 e. The second-order valence-electron chi connectivity index (χ2n) is 3.97. The van der Waals surface area contributed by atoms with Crippen molar-refractivity contribution < 1.29 is 9.18 Å². The van der Waals surface area contributed by atoms with Crippen molar-refractivity contribution in [2.75, 3.05) is 5.75 Å². The Morgan fingerprint density at radius 3 is 2.74 bits per heavy atom. The molecule has 1 aromatic carbocycles. The van der Waals surface area contributed by atoms with Gasteiger partial charge in [0.25, 0.3) is 0 Å². The van der Waals surface area contributed by atoms with Crippen molar-refractivity contribution in [1.82, 2.24) is 20.2 Å². The number of thioether (sulfide) groups is 1. The minimum atomic E-state index is -0.332. The van der Waals surface area contributed by atoms with Crippen LogP contribution in [0, 0.1) is 5.82 Å². The van der Waals surface area contributed by atoms with Gasteiger partial charge in [-0.3, -0.25) is 4.79 Å². The average Bonchev–Trinajstić information content (AvgIpc) is 2.81. The van der Waals surface area contributed by atoms with Gasteiger partial charge < -0.3 is 0 Å². The van der Waals surface area contributed by atoms with Gasteiger partial charge in [0, 0.05) is 24.8 Å². The number of carbonyl (C=O) groups excluding carboxylic acids is 1. The molecule has 2 rings (SSSR count). The van der Waals surface area contributed by atoms with Crippen molar-refractivity contribution in [2.24, 2.45) is 7.05 Å². The molecule has 0 bridgehead atoms. The normalized spacial score (nSPS) is 10.6. The number of Topliss-reactive ketones (excluding diaryl/α,β-unsaturated/α-hetero) is 1. The minimum absolute atomic E-state index is 0.0247. The molecule has 0 saturated carbocycles. The molecular formula is C12H13FN4OS. The summed E-state index contributed by atoms with van der Waals surface area (Å²) in [6.07, 6.45) is 1.16. The molecule has 1 aromatic heterocycles. The molecule has 0 atom stereocenters. The maximum absolute atomic E-state index is 12.7. The van der Waals surface area contributed by atoms with E-state index in [9.17, 15) is 9.18 Å². The molecule has 0 spiro atoms. The second kappa shape index (κ2) is 6.42. The van der Waals surface area contributed by atoms with Crippen LogP contribution >= 0.6 is 11.8 Å². The Morgan fingerprint density at radius 2 is 2.11 bits per heavy atom. The monoisotopic (exact) mass is 280 g/mol. The molecule has 7 heteroatoms. The molecule has 0 unspecified atom stereocenters. The molecule has 0 N–H and O–H groups in total. The fourth-order valence-corrected chi connectivity index (χ4v) is 2.31. The highest BCUT2D eigenvalue weighted by Crippen LogP contribution is 2.15. The molecule has 5 nitrogen and oxygen atoms in total. The van der Waals surface area contributed by atoms with Crippen molar-refractivity contribution in [3.63, 3.8) is 0 Å². The Morgan fingerprint density at radius 1 is 1.37 bits per heavy atom. The molecule has 19 heavy (non-hydrogen) atoms. The summed E-state index contributed by atoms with van der Waals surface area (Å²) in [5.41, 5.74) is 0.548. The SMILES string of the molecule is Cn1nnnc1SCCCC(=O)c1ccc(F)cc1. The number of hydrogen-bond donors (Lipinski definition) is 0. The van der Waals surface area contributed by atoms with Gasteiger partial charge in [0.15, 0.2) is 5.78 Å². The molecule has 0 aliphatic rings. The lowest BCUT2D eigenvalue weighted by Gasteiger charge is -2.01. The topological polar surface area (TPSA) is 60.7 Å². The number of rotatable bonds is 6. The number of benzene rings is 1. The highest BCUT2D eigenvalue weighted by Gasteiger charge is 2.07. The molecule has 100 valence electrons. The number of carbonyl (C=O) groups is 1. The first-order chi connectivity index (χ1) is 9.16. The lowest BCUT2D eigenvalue weighted by Crippen LogP contribution is -2.00. The third-order valence-corrected chi connectivity index (χ3v) is 3.62. The van der Waals surface area contributed by atoms with Crippen LogP contribution in [-0.4, -0.2) is 31.7 Å². The number of aryl methyl sites for hydroxylation is 1. The summed E-state index contributed by atoms with van der Waals surface area (Å²) in [6, 6.07) is 5.62. The second-order valence-corrected chi connectivity index (χ2v) is 5.03. The first kappa shape index (κ1) is 13.7. The van der Waals surface area contributed by atoms with Crippen LogP contribution < -0.4 is 0 Å². The molecule has 0 fully saturated rings. The van der Waals surface area contributed by atoms with Crippen LogP contribution in [0.1, 0.15) is 23.2 Å². The van der Waals surface area contributed by atoms with Gasteiger partial charge in [-0.25, -0.2) is 9.07 Å². The van der Waals surface area contributed by atoms with Crippen LogP contribution in [0.5, 0.6) is 0 Å². The van der Waals surface area contributed by atoms with Crippen molar-refractivity contribution >= 4 is 17.5 Å². The van der Waals surface area contributed by atoms with Crippen LogP contribution in [0.15, 0.2) is 29.4 Å². The molecule has 0 aliphatic heterocycles. The fraction of sp³-hybridized carbons (Fsp3) is 0.333. The molecule has 0 saturated heterocycles. The summed E-state index contributed by atoms with van der Waals surface area (Å²) in [5, 5.41) is 11.8. The highest BCUT2D eigenvalue weighted by atomic mass is 32.2. The number of hydrogen-bond acceptors (Lipinski definition) is 5. The summed E-state index contributed by atoms with van der Waals surface area (Å²) >= 11 is 1.51. The first-order valence-electron chi connectivity index (χ1n) is 5.81. The molecule has 0 radical (unpaired) electrons. The van der Waals surface area contributed by atoms with Gasteiger partial charge in [0.2, 0.25) is 5.16 Å². The average molecular weight is 280 g/mol. The Hall–Kier alpha value is -1.76. The lowest BCUT2D eigenvalue weighted by molar-refractivity contribution is 0.0982. The zero-order chi connectivity index (χ0) is 13.7. The number of aromatic nitrogens is 4. The van der Waals surface area contributed by atoms with Crippen LogP contribution in [0.3, 0.4) is 0 Å². The summed E-state index contributed by atoms with van der Waals surface area (Å²) in [7, 11) is 1.77. The Bertz CT molecular complexity index is 555. The Kier molecular flexibility index (Phi) is 4.62. The fourth-order valence-electron chi connectivity index (χ4n) is 1.52. The quantitative estimate of drug-likeness (QED) is 0.461. The first-order valence-corrected chi connectivity index (χ1v) is 6.79. The summed E-state index contributed by atoms with van der Waals surface area (Å²) in [4.78, 5) is 11.8. The predicted octanol–water partition coefficient (Wildman–Crippen LogP) is 2.10. The van der Waals surface area contributed by atoms with Crippen molar-refractivity contribution in [1.29, 1.82) is 0 Å². The minimum Gasteiger partial charge on any atom is -0.294 e. The van der Waals surface area contributed by atoms with E-state index < -0.39 is 0 Å². The van der Waals surface area contributed by atoms with Crippen molar-refractivity contribution in [3.05, 3.63) is 35.6 Å². The van der Waals surface area contributed by atoms with E-state index in [1.807, 2.05) is 0 Å². The standard InChI is InChI=1S/C12H13FN4OS/c1-17-12(14-15-16-17)19-8-2-3-11(18)9-4-6-10(13)7-5-9/h4-7H,2-3,8H2,1H3. The van der Waals surface area contributed by atoms with Gasteiger partial charge >= 0.3 is 0 Å². The number of ketones is 1. The van der Waals surface area contributed by atoms with Crippen LogP contribution in [0.4, 0.5) is 4.39 Å². The maximum atomic E-state index is 12.7. The number of tetrazole rings is 1. The van der Waals surface area contributed by atoms with E-state index in [0.29, 0.717) is 12.0 Å². The van der Waals surface area contributed by atoms with E-state index in [2.05, 4.69) is 15.5 Å². The van der Waals surface area contributed by atoms with E-state index in [1.165, 1.54) is 36.0 Å². The highest BCUT2D eigenvalue weighted by molar-refractivity contribution is 7.99. The summed E-state index contributed by atoms with van der Waals surface area (Å²) in [5.74, 6) is 0.458. The zero-order valence-electron chi connectivity index (χ0n) is 10.4. The number of halogens is 1. The Labute approximate surface area is 114 Å². The number of nitrogens with zero attached hydrogens (tertiary/aromatic N) is 4. The molecule has 1 heterocycles. The van der Waals surface area contributed by atoms with Crippen molar-refractivity contribution in [3.8, 4) is 0 Å². The third kappa shape index (κ3) is 3.85. The van der Waals surface area contributed by atoms with Crippen LogP contribution in [0.2, 0.25) is 0 Å². The van der Waals surface area contributed by atoms with Gasteiger partial charge in [0.05, 0.1) is 0 Å². The van der Waals surface area contributed by atoms with Gasteiger partial charge in [-0.1, -0.05) is 11.8 Å². The summed E-state index contributed by atoms with van der Waals surface area (Å²) < 4.78 is 14.3. The Balaban J connectivity index is 1.75. The zero-order valence-corrected chi connectivity index (χ0v) is 11.2. The van der Waals surface area contributed by atoms with E-state index in [1.54, 1.807) is 11.7 Å². The van der Waals surface area contributed by atoms with Gasteiger partial charge in [-0.05, 0) is 41.1 Å². The lowest BCUT2D eigenvalue weighted by atomic mass is 10.1. The largest absolute Gasteiger partial charge is 0.294 e. The summed E-state index contributed by atoms with van der Waals surface area (Å²) in [6.45, 7) is 0. The van der Waals surface area contributed by atoms with Gasteiger partial charge in [-0.2, -0.15) is 0 Å². The molecule has 2 aromatic rings. The van der Waals surface area contributed by atoms with E-state index in [-0.39, 0.29) is 11.6 Å². The van der Waals surface area contributed by atoms with Gasteiger partial charge in [0.1, 0.15) is 5.82 Å². The predicted molar refractivity (Wildman–Crippen MR) is 69.5 cm³/mol. The van der Waals surface area contributed by atoms with Gasteiger partial charge in [-0.15, -0.1) is 5.10 Å². The maximum Gasteiger partial charge on any atom is 0.209 e.